The normalized spacial score (nSPS) is 30.4. The minimum absolute atomic E-state index is 0.119. The molecule has 102 valence electrons. The first-order valence-electron chi connectivity index (χ1n) is 7.19. The van der Waals surface area contributed by atoms with Crippen LogP contribution in [0.25, 0.3) is 0 Å². The standard InChI is InChI=1S/C14H24N2O2/c1-10(16-18)11-7-8-12(9-11)14(17)15-13-5-3-2-4-6-13/h11-13,18H,2-9H2,1H3,(H,15,17)/b16-10+. The first kappa shape index (κ1) is 13.4. The number of oxime groups is 1. The van der Waals surface area contributed by atoms with E-state index in [0.29, 0.717) is 6.04 Å². The van der Waals surface area contributed by atoms with Crippen LogP contribution in [0.4, 0.5) is 0 Å². The van der Waals surface area contributed by atoms with Crippen molar-refractivity contribution in [3.8, 4) is 0 Å². The van der Waals surface area contributed by atoms with Gasteiger partial charge in [-0.3, -0.25) is 4.79 Å². The molecule has 2 rings (SSSR count). The summed E-state index contributed by atoms with van der Waals surface area (Å²) >= 11 is 0. The van der Waals surface area contributed by atoms with Gasteiger partial charge in [0.15, 0.2) is 0 Å². The SMILES string of the molecule is C/C(=N\O)C1CCC(C(=O)NC2CCCCC2)C1. The largest absolute Gasteiger partial charge is 0.411 e. The number of hydrogen-bond acceptors (Lipinski definition) is 3. The molecule has 2 fully saturated rings. The Balaban J connectivity index is 1.80. The summed E-state index contributed by atoms with van der Waals surface area (Å²) in [5.41, 5.74) is 0.767. The lowest BCUT2D eigenvalue weighted by molar-refractivity contribution is -0.125. The Bertz CT molecular complexity index is 322. The second-order valence-corrected chi connectivity index (χ2v) is 5.79. The van der Waals surface area contributed by atoms with E-state index in [1.54, 1.807) is 0 Å². The molecule has 18 heavy (non-hydrogen) atoms. The van der Waals surface area contributed by atoms with Gasteiger partial charge in [-0.25, -0.2) is 0 Å². The molecule has 2 atom stereocenters. The highest BCUT2D eigenvalue weighted by Gasteiger charge is 2.32. The van der Waals surface area contributed by atoms with Gasteiger partial charge >= 0.3 is 0 Å². The Labute approximate surface area is 109 Å². The number of amides is 1. The van der Waals surface area contributed by atoms with Gasteiger partial charge in [-0.2, -0.15) is 0 Å². The zero-order valence-electron chi connectivity index (χ0n) is 11.2. The van der Waals surface area contributed by atoms with Crippen molar-refractivity contribution in [2.75, 3.05) is 0 Å². The molecule has 2 N–H and O–H groups in total. The minimum atomic E-state index is 0.119. The first-order chi connectivity index (χ1) is 8.70. The molecule has 0 bridgehead atoms. The fourth-order valence-electron chi connectivity index (χ4n) is 3.25. The highest BCUT2D eigenvalue weighted by atomic mass is 16.4. The van der Waals surface area contributed by atoms with Gasteiger partial charge in [0.25, 0.3) is 0 Å². The zero-order chi connectivity index (χ0) is 13.0. The van der Waals surface area contributed by atoms with Crippen molar-refractivity contribution >= 4 is 11.6 Å². The summed E-state index contributed by atoms with van der Waals surface area (Å²) < 4.78 is 0. The summed E-state index contributed by atoms with van der Waals surface area (Å²) in [5.74, 6) is 0.626. The quantitative estimate of drug-likeness (QED) is 0.461. The zero-order valence-corrected chi connectivity index (χ0v) is 11.2. The maximum atomic E-state index is 12.2. The molecule has 0 aromatic heterocycles. The molecule has 2 saturated carbocycles. The molecule has 2 unspecified atom stereocenters. The lowest BCUT2D eigenvalue weighted by Gasteiger charge is -2.24. The highest BCUT2D eigenvalue weighted by molar-refractivity contribution is 5.86. The summed E-state index contributed by atoms with van der Waals surface area (Å²) in [6.45, 7) is 1.84. The summed E-state index contributed by atoms with van der Waals surface area (Å²) in [6.07, 6.45) is 8.81. The molecule has 0 radical (unpaired) electrons. The smallest absolute Gasteiger partial charge is 0.223 e. The molecule has 4 nitrogen and oxygen atoms in total. The molecule has 0 aromatic carbocycles. The Morgan fingerprint density at radius 3 is 2.44 bits per heavy atom. The van der Waals surface area contributed by atoms with Crippen LogP contribution in [0.15, 0.2) is 5.16 Å². The molecule has 2 aliphatic rings. The van der Waals surface area contributed by atoms with Crippen molar-refractivity contribution in [3.63, 3.8) is 0 Å². The average molecular weight is 252 g/mol. The van der Waals surface area contributed by atoms with Crippen LogP contribution in [-0.4, -0.2) is 22.9 Å². The number of carbonyl (C=O) groups excluding carboxylic acids is 1. The van der Waals surface area contributed by atoms with Gasteiger partial charge in [-0.1, -0.05) is 24.4 Å². The van der Waals surface area contributed by atoms with Crippen LogP contribution in [0.2, 0.25) is 0 Å². The van der Waals surface area contributed by atoms with E-state index in [-0.39, 0.29) is 17.7 Å². The van der Waals surface area contributed by atoms with Crippen molar-refractivity contribution in [2.45, 2.75) is 64.3 Å². The monoisotopic (exact) mass is 252 g/mol. The number of nitrogens with zero attached hydrogens (tertiary/aromatic N) is 1. The predicted molar refractivity (Wildman–Crippen MR) is 70.7 cm³/mol. The van der Waals surface area contributed by atoms with Crippen molar-refractivity contribution < 1.29 is 10.0 Å². The van der Waals surface area contributed by atoms with Crippen molar-refractivity contribution in [3.05, 3.63) is 0 Å². The maximum absolute atomic E-state index is 12.2. The molecule has 0 saturated heterocycles. The van der Waals surface area contributed by atoms with Crippen molar-refractivity contribution in [1.82, 2.24) is 5.32 Å². The molecule has 0 aromatic rings. The van der Waals surface area contributed by atoms with E-state index in [0.717, 1.165) is 37.8 Å². The van der Waals surface area contributed by atoms with E-state index >= 15 is 0 Å². The predicted octanol–water partition coefficient (Wildman–Crippen LogP) is 2.70. The van der Waals surface area contributed by atoms with Crippen LogP contribution in [0.5, 0.6) is 0 Å². The third-order valence-electron chi connectivity index (χ3n) is 4.50. The third kappa shape index (κ3) is 3.24. The van der Waals surface area contributed by atoms with Gasteiger partial charge < -0.3 is 10.5 Å². The first-order valence-corrected chi connectivity index (χ1v) is 7.19. The molecule has 0 spiro atoms. The van der Waals surface area contributed by atoms with E-state index in [9.17, 15) is 4.79 Å². The Hall–Kier alpha value is -1.06. The number of nitrogens with one attached hydrogen (secondary N) is 1. The van der Waals surface area contributed by atoms with Crippen LogP contribution in [0.1, 0.15) is 58.3 Å². The van der Waals surface area contributed by atoms with Crippen molar-refractivity contribution in [1.29, 1.82) is 0 Å². The lowest BCUT2D eigenvalue weighted by atomic mass is 9.94. The van der Waals surface area contributed by atoms with E-state index in [2.05, 4.69) is 10.5 Å². The van der Waals surface area contributed by atoms with Crippen LogP contribution < -0.4 is 5.32 Å². The van der Waals surface area contributed by atoms with E-state index < -0.39 is 0 Å². The molecular formula is C14H24N2O2. The molecule has 0 heterocycles. The van der Waals surface area contributed by atoms with Gasteiger partial charge in [0.2, 0.25) is 5.91 Å². The topological polar surface area (TPSA) is 61.7 Å². The van der Waals surface area contributed by atoms with Gasteiger partial charge in [0, 0.05) is 17.9 Å². The molecular weight excluding hydrogens is 228 g/mol. The van der Waals surface area contributed by atoms with Gasteiger partial charge in [0.05, 0.1) is 5.71 Å². The van der Waals surface area contributed by atoms with E-state index in [1.165, 1.54) is 19.3 Å². The molecule has 1 amide bonds. The van der Waals surface area contributed by atoms with E-state index in [4.69, 9.17) is 5.21 Å². The van der Waals surface area contributed by atoms with Crippen LogP contribution in [0.3, 0.4) is 0 Å². The average Bonchev–Trinajstić information content (AvgIpc) is 2.88. The second-order valence-electron chi connectivity index (χ2n) is 5.79. The van der Waals surface area contributed by atoms with Crippen LogP contribution in [0, 0.1) is 11.8 Å². The fraction of sp³-hybridized carbons (Fsp3) is 0.857. The second kappa shape index (κ2) is 6.21. The van der Waals surface area contributed by atoms with Crippen LogP contribution in [-0.2, 0) is 4.79 Å². The van der Waals surface area contributed by atoms with E-state index in [1.807, 2.05) is 6.92 Å². The van der Waals surface area contributed by atoms with Crippen molar-refractivity contribution in [2.24, 2.45) is 17.0 Å². The number of hydrogen-bond donors (Lipinski definition) is 2. The summed E-state index contributed by atoms with van der Waals surface area (Å²) in [4.78, 5) is 12.2. The number of carbonyl (C=O) groups is 1. The lowest BCUT2D eigenvalue weighted by Crippen LogP contribution is -2.39. The van der Waals surface area contributed by atoms with Gasteiger partial charge in [0.1, 0.15) is 0 Å². The third-order valence-corrected chi connectivity index (χ3v) is 4.50. The maximum Gasteiger partial charge on any atom is 0.223 e. The minimum Gasteiger partial charge on any atom is -0.411 e. The van der Waals surface area contributed by atoms with Gasteiger partial charge in [-0.15, -0.1) is 0 Å². The molecule has 4 heteroatoms. The summed E-state index contributed by atoms with van der Waals surface area (Å²) in [5, 5.41) is 15.2. The van der Waals surface area contributed by atoms with Gasteiger partial charge in [-0.05, 0) is 39.0 Å². The Morgan fingerprint density at radius 2 is 1.78 bits per heavy atom. The van der Waals surface area contributed by atoms with Crippen LogP contribution >= 0.6 is 0 Å². The number of rotatable bonds is 3. The highest BCUT2D eigenvalue weighted by Crippen LogP contribution is 2.32. The summed E-state index contributed by atoms with van der Waals surface area (Å²) in [6, 6.07) is 0.401. The molecule has 2 aliphatic carbocycles. The molecule has 0 aliphatic heterocycles. The fourth-order valence-corrected chi connectivity index (χ4v) is 3.25. The summed E-state index contributed by atoms with van der Waals surface area (Å²) in [7, 11) is 0. The Kier molecular flexibility index (Phi) is 4.61. The Morgan fingerprint density at radius 1 is 1.11 bits per heavy atom.